The lowest BCUT2D eigenvalue weighted by atomic mass is 10.1. The minimum Gasteiger partial charge on any atom is -0.481 e. The second-order valence-corrected chi connectivity index (χ2v) is 3.94. The number of aromatic nitrogens is 2. The molecule has 0 spiro atoms. The standard InChI is InChI=1S/C12H17N3O3/c16-11(17)5-3-1-2-4-7-13-12(18)10-6-8-14-15-9-10/h6,8-9H,1-5,7H2,(H,13,18)(H,16,17). The molecule has 0 saturated carbocycles. The summed E-state index contributed by atoms with van der Waals surface area (Å²) in [5, 5.41) is 18.4. The summed E-state index contributed by atoms with van der Waals surface area (Å²) in [5.74, 6) is -0.913. The number of nitrogens with zero attached hydrogens (tertiary/aromatic N) is 2. The molecule has 1 aromatic heterocycles. The molecule has 0 saturated heterocycles. The van der Waals surface area contributed by atoms with Crippen molar-refractivity contribution in [1.29, 1.82) is 0 Å². The van der Waals surface area contributed by atoms with Crippen LogP contribution in [0, 0.1) is 0 Å². The van der Waals surface area contributed by atoms with Gasteiger partial charge in [0.1, 0.15) is 0 Å². The fourth-order valence-electron chi connectivity index (χ4n) is 1.48. The Bertz CT molecular complexity index is 381. The summed E-state index contributed by atoms with van der Waals surface area (Å²) in [6, 6.07) is 1.61. The van der Waals surface area contributed by atoms with Gasteiger partial charge in [0.2, 0.25) is 0 Å². The van der Waals surface area contributed by atoms with Crippen LogP contribution < -0.4 is 5.32 Å². The molecule has 18 heavy (non-hydrogen) atoms. The third-order valence-corrected chi connectivity index (χ3v) is 2.45. The van der Waals surface area contributed by atoms with Gasteiger partial charge in [-0.3, -0.25) is 9.59 Å². The van der Waals surface area contributed by atoms with E-state index in [1.54, 1.807) is 6.07 Å². The average molecular weight is 251 g/mol. The van der Waals surface area contributed by atoms with Crippen LogP contribution in [0.3, 0.4) is 0 Å². The Morgan fingerprint density at radius 3 is 2.61 bits per heavy atom. The van der Waals surface area contributed by atoms with Crippen LogP contribution in [-0.2, 0) is 4.79 Å². The molecule has 0 fully saturated rings. The van der Waals surface area contributed by atoms with E-state index in [1.807, 2.05) is 0 Å². The van der Waals surface area contributed by atoms with E-state index in [1.165, 1.54) is 12.4 Å². The van der Waals surface area contributed by atoms with Crippen LogP contribution in [0.15, 0.2) is 18.5 Å². The van der Waals surface area contributed by atoms with Crippen molar-refractivity contribution >= 4 is 11.9 Å². The summed E-state index contributed by atoms with van der Waals surface area (Å²) in [7, 11) is 0. The van der Waals surface area contributed by atoms with E-state index < -0.39 is 5.97 Å². The van der Waals surface area contributed by atoms with Crippen molar-refractivity contribution in [3.63, 3.8) is 0 Å². The first-order chi connectivity index (χ1) is 8.70. The molecule has 1 amide bonds. The summed E-state index contributed by atoms with van der Waals surface area (Å²) < 4.78 is 0. The van der Waals surface area contributed by atoms with Gasteiger partial charge in [-0.1, -0.05) is 12.8 Å². The van der Waals surface area contributed by atoms with Gasteiger partial charge in [0, 0.05) is 13.0 Å². The lowest BCUT2D eigenvalue weighted by Gasteiger charge is -2.04. The average Bonchev–Trinajstić information content (AvgIpc) is 2.38. The van der Waals surface area contributed by atoms with Crippen LogP contribution in [0.5, 0.6) is 0 Å². The molecule has 1 heterocycles. The Morgan fingerprint density at radius 1 is 1.17 bits per heavy atom. The highest BCUT2D eigenvalue weighted by Crippen LogP contribution is 2.02. The van der Waals surface area contributed by atoms with E-state index in [4.69, 9.17) is 5.11 Å². The van der Waals surface area contributed by atoms with Gasteiger partial charge in [0.05, 0.1) is 18.0 Å². The van der Waals surface area contributed by atoms with E-state index in [9.17, 15) is 9.59 Å². The topological polar surface area (TPSA) is 92.2 Å². The van der Waals surface area contributed by atoms with Gasteiger partial charge >= 0.3 is 5.97 Å². The lowest BCUT2D eigenvalue weighted by molar-refractivity contribution is -0.137. The number of hydrogen-bond acceptors (Lipinski definition) is 4. The molecule has 6 nitrogen and oxygen atoms in total. The molecule has 0 unspecified atom stereocenters. The molecule has 0 aliphatic heterocycles. The molecule has 0 bridgehead atoms. The molecule has 6 heteroatoms. The van der Waals surface area contributed by atoms with E-state index >= 15 is 0 Å². The smallest absolute Gasteiger partial charge is 0.303 e. The van der Waals surface area contributed by atoms with Crippen LogP contribution >= 0.6 is 0 Å². The first-order valence-electron chi connectivity index (χ1n) is 5.97. The highest BCUT2D eigenvalue weighted by molar-refractivity contribution is 5.93. The van der Waals surface area contributed by atoms with Crippen molar-refractivity contribution in [2.45, 2.75) is 32.1 Å². The zero-order chi connectivity index (χ0) is 13.2. The van der Waals surface area contributed by atoms with Crippen LogP contribution in [0.4, 0.5) is 0 Å². The van der Waals surface area contributed by atoms with Gasteiger partial charge in [-0.2, -0.15) is 10.2 Å². The number of aliphatic carboxylic acids is 1. The summed E-state index contributed by atoms with van der Waals surface area (Å²) in [6.07, 6.45) is 6.45. The maximum Gasteiger partial charge on any atom is 0.303 e. The van der Waals surface area contributed by atoms with Crippen molar-refractivity contribution in [2.75, 3.05) is 6.54 Å². The maximum atomic E-state index is 11.6. The van der Waals surface area contributed by atoms with E-state index in [-0.39, 0.29) is 12.3 Å². The lowest BCUT2D eigenvalue weighted by Crippen LogP contribution is -2.24. The number of nitrogens with one attached hydrogen (secondary N) is 1. The SMILES string of the molecule is O=C(O)CCCCCCNC(=O)c1ccnnc1. The molecule has 98 valence electrons. The Hall–Kier alpha value is -1.98. The predicted molar refractivity (Wildman–Crippen MR) is 65.1 cm³/mol. The fourth-order valence-corrected chi connectivity index (χ4v) is 1.48. The number of carbonyl (C=O) groups is 2. The first-order valence-corrected chi connectivity index (χ1v) is 5.97. The predicted octanol–water partition coefficient (Wildman–Crippen LogP) is 1.24. The quantitative estimate of drug-likeness (QED) is 0.678. The third-order valence-electron chi connectivity index (χ3n) is 2.45. The number of carboxylic acids is 1. The molecule has 0 atom stereocenters. The monoisotopic (exact) mass is 251 g/mol. The minimum atomic E-state index is -0.756. The second kappa shape index (κ2) is 8.16. The van der Waals surface area contributed by atoms with Gasteiger partial charge in [-0.05, 0) is 18.9 Å². The van der Waals surface area contributed by atoms with Gasteiger partial charge in [0.15, 0.2) is 0 Å². The number of amides is 1. The minimum absolute atomic E-state index is 0.157. The van der Waals surface area contributed by atoms with Crippen LogP contribution in [-0.4, -0.2) is 33.7 Å². The van der Waals surface area contributed by atoms with E-state index in [0.29, 0.717) is 18.5 Å². The summed E-state index contributed by atoms with van der Waals surface area (Å²) >= 11 is 0. The van der Waals surface area contributed by atoms with Gasteiger partial charge < -0.3 is 10.4 Å². The van der Waals surface area contributed by atoms with Gasteiger partial charge in [0.25, 0.3) is 5.91 Å². The summed E-state index contributed by atoms with van der Waals surface area (Å²) in [5.41, 5.74) is 0.496. The highest BCUT2D eigenvalue weighted by Gasteiger charge is 2.03. The zero-order valence-electron chi connectivity index (χ0n) is 10.1. The van der Waals surface area contributed by atoms with E-state index in [0.717, 1.165) is 19.3 Å². The van der Waals surface area contributed by atoms with Crippen molar-refractivity contribution in [2.24, 2.45) is 0 Å². The first kappa shape index (κ1) is 14.1. The molecule has 0 aliphatic rings. The number of carboxylic acid groups (broad SMARTS) is 1. The molecule has 1 rings (SSSR count). The Kier molecular flexibility index (Phi) is 6.38. The number of hydrogen-bond donors (Lipinski definition) is 2. The molecule has 0 aromatic carbocycles. The molecular weight excluding hydrogens is 234 g/mol. The number of carbonyl (C=O) groups excluding carboxylic acids is 1. The van der Waals surface area contributed by atoms with Gasteiger partial charge in [-0.15, -0.1) is 0 Å². The highest BCUT2D eigenvalue weighted by atomic mass is 16.4. The largest absolute Gasteiger partial charge is 0.481 e. The van der Waals surface area contributed by atoms with Crippen molar-refractivity contribution in [3.8, 4) is 0 Å². The molecule has 2 N–H and O–H groups in total. The van der Waals surface area contributed by atoms with Crippen LogP contribution in [0.1, 0.15) is 42.5 Å². The Balaban J connectivity index is 2.05. The Labute approximate surface area is 105 Å². The van der Waals surface area contributed by atoms with Crippen LogP contribution in [0.2, 0.25) is 0 Å². The molecule has 0 aliphatic carbocycles. The second-order valence-electron chi connectivity index (χ2n) is 3.94. The molecule has 1 aromatic rings. The van der Waals surface area contributed by atoms with Gasteiger partial charge in [-0.25, -0.2) is 0 Å². The zero-order valence-corrected chi connectivity index (χ0v) is 10.1. The van der Waals surface area contributed by atoms with E-state index in [2.05, 4.69) is 15.5 Å². The maximum absolute atomic E-state index is 11.6. The number of rotatable bonds is 8. The molecular formula is C12H17N3O3. The normalized spacial score (nSPS) is 10.0. The summed E-state index contributed by atoms with van der Waals surface area (Å²) in [6.45, 7) is 0.591. The van der Waals surface area contributed by atoms with Crippen molar-refractivity contribution in [1.82, 2.24) is 15.5 Å². The van der Waals surface area contributed by atoms with Crippen LogP contribution in [0.25, 0.3) is 0 Å². The Morgan fingerprint density at radius 2 is 1.94 bits per heavy atom. The number of unbranched alkanes of at least 4 members (excludes halogenated alkanes) is 3. The molecule has 0 radical (unpaired) electrons. The van der Waals surface area contributed by atoms with Crippen molar-refractivity contribution in [3.05, 3.63) is 24.0 Å². The van der Waals surface area contributed by atoms with Crippen molar-refractivity contribution < 1.29 is 14.7 Å². The summed E-state index contributed by atoms with van der Waals surface area (Å²) in [4.78, 5) is 21.8. The fraction of sp³-hybridized carbons (Fsp3) is 0.500. The third kappa shape index (κ3) is 5.93.